The monoisotopic (exact) mass is 259 g/mol. The van der Waals surface area contributed by atoms with Gasteiger partial charge in [0, 0.05) is 13.2 Å². The Labute approximate surface area is 111 Å². The minimum atomic E-state index is -0.638. The van der Waals surface area contributed by atoms with Crippen LogP contribution in [-0.4, -0.2) is 31.3 Å². The number of ether oxygens (including phenoxy) is 2. The molecule has 0 aliphatic heterocycles. The lowest BCUT2D eigenvalue weighted by Gasteiger charge is -2.34. The maximum atomic E-state index is 12.1. The Morgan fingerprint density at radius 2 is 1.83 bits per heavy atom. The number of carbonyl (C=O) groups excluding carboxylic acids is 1. The van der Waals surface area contributed by atoms with Gasteiger partial charge < -0.3 is 15.2 Å². The van der Waals surface area contributed by atoms with Crippen molar-refractivity contribution in [1.82, 2.24) is 0 Å². The molecule has 0 saturated heterocycles. The molecule has 4 heteroatoms. The van der Waals surface area contributed by atoms with Crippen molar-refractivity contribution in [1.29, 1.82) is 0 Å². The van der Waals surface area contributed by atoms with E-state index in [1.165, 1.54) is 0 Å². The summed E-state index contributed by atoms with van der Waals surface area (Å²) in [7, 11) is 0. The maximum Gasteiger partial charge on any atom is 0.313 e. The van der Waals surface area contributed by atoms with Crippen LogP contribution < -0.4 is 5.73 Å². The van der Waals surface area contributed by atoms with E-state index in [-0.39, 0.29) is 24.0 Å². The molecule has 1 atom stereocenters. The van der Waals surface area contributed by atoms with E-state index in [1.807, 2.05) is 41.5 Å². The van der Waals surface area contributed by atoms with Crippen molar-refractivity contribution in [3.63, 3.8) is 0 Å². The molecule has 0 fully saturated rings. The maximum absolute atomic E-state index is 12.1. The zero-order chi connectivity index (χ0) is 14.4. The molecule has 0 aliphatic carbocycles. The highest BCUT2D eigenvalue weighted by Crippen LogP contribution is 2.32. The van der Waals surface area contributed by atoms with Crippen molar-refractivity contribution in [3.05, 3.63) is 0 Å². The van der Waals surface area contributed by atoms with Gasteiger partial charge in [-0.05, 0) is 40.0 Å². The molecule has 0 spiro atoms. The second-order valence-electron chi connectivity index (χ2n) is 5.95. The fraction of sp³-hybridized carbons (Fsp3) is 0.929. The Balaban J connectivity index is 4.72. The van der Waals surface area contributed by atoms with E-state index < -0.39 is 5.41 Å². The van der Waals surface area contributed by atoms with Crippen molar-refractivity contribution in [2.24, 2.45) is 17.1 Å². The van der Waals surface area contributed by atoms with Gasteiger partial charge in [0.15, 0.2) is 0 Å². The second kappa shape index (κ2) is 7.10. The number of hydrogen-bond donors (Lipinski definition) is 1. The fourth-order valence-electron chi connectivity index (χ4n) is 1.86. The first kappa shape index (κ1) is 17.4. The summed E-state index contributed by atoms with van der Waals surface area (Å²) >= 11 is 0. The Hall–Kier alpha value is -0.610. The first-order valence-corrected chi connectivity index (χ1v) is 6.71. The molecule has 0 saturated carbocycles. The summed E-state index contributed by atoms with van der Waals surface area (Å²) in [4.78, 5) is 12.1. The largest absolute Gasteiger partial charge is 0.466 e. The average molecular weight is 259 g/mol. The highest BCUT2D eigenvalue weighted by atomic mass is 16.5. The second-order valence-corrected chi connectivity index (χ2v) is 5.95. The van der Waals surface area contributed by atoms with Gasteiger partial charge in [-0.3, -0.25) is 4.79 Å². The third kappa shape index (κ3) is 4.94. The number of esters is 1. The van der Waals surface area contributed by atoms with Gasteiger partial charge in [0.2, 0.25) is 0 Å². The topological polar surface area (TPSA) is 61.5 Å². The highest BCUT2D eigenvalue weighted by Gasteiger charge is 2.41. The standard InChI is InChI=1S/C14H29NO3/c1-7-17-12(16)14(10-15,11(2)3)8-9-18-13(4,5)6/h11H,7-10,15H2,1-6H3. The van der Waals surface area contributed by atoms with Crippen molar-refractivity contribution >= 4 is 5.97 Å². The Bertz CT molecular complexity index is 258. The van der Waals surface area contributed by atoms with E-state index in [0.717, 1.165) is 0 Å². The third-order valence-electron chi connectivity index (χ3n) is 3.23. The van der Waals surface area contributed by atoms with E-state index in [1.54, 1.807) is 0 Å². The number of nitrogens with two attached hydrogens (primary N) is 1. The molecule has 0 heterocycles. The van der Waals surface area contributed by atoms with E-state index >= 15 is 0 Å². The van der Waals surface area contributed by atoms with E-state index in [4.69, 9.17) is 15.2 Å². The molecular formula is C14H29NO3. The highest BCUT2D eigenvalue weighted by molar-refractivity contribution is 5.77. The van der Waals surface area contributed by atoms with Crippen LogP contribution in [0.2, 0.25) is 0 Å². The normalized spacial score (nSPS) is 15.6. The summed E-state index contributed by atoms with van der Waals surface area (Å²) < 4.78 is 10.9. The summed E-state index contributed by atoms with van der Waals surface area (Å²) in [5.41, 5.74) is 4.99. The smallest absolute Gasteiger partial charge is 0.313 e. The molecule has 0 radical (unpaired) electrons. The van der Waals surface area contributed by atoms with Crippen LogP contribution in [-0.2, 0) is 14.3 Å². The molecule has 18 heavy (non-hydrogen) atoms. The zero-order valence-corrected chi connectivity index (χ0v) is 12.7. The molecule has 0 aromatic carbocycles. The molecule has 0 amide bonds. The molecule has 1 unspecified atom stereocenters. The predicted octanol–water partition coefficient (Wildman–Crippen LogP) is 2.36. The van der Waals surface area contributed by atoms with Crippen LogP contribution in [0.4, 0.5) is 0 Å². The molecule has 0 rings (SSSR count). The average Bonchev–Trinajstić information content (AvgIpc) is 2.22. The minimum absolute atomic E-state index is 0.130. The van der Waals surface area contributed by atoms with Crippen LogP contribution in [0.3, 0.4) is 0 Å². The van der Waals surface area contributed by atoms with E-state index in [0.29, 0.717) is 19.6 Å². The quantitative estimate of drug-likeness (QED) is 0.713. The number of rotatable bonds is 7. The van der Waals surface area contributed by atoms with Gasteiger partial charge >= 0.3 is 5.97 Å². The van der Waals surface area contributed by atoms with Gasteiger partial charge in [-0.1, -0.05) is 13.8 Å². The van der Waals surface area contributed by atoms with Crippen molar-refractivity contribution < 1.29 is 14.3 Å². The molecular weight excluding hydrogens is 230 g/mol. The summed E-state index contributed by atoms with van der Waals surface area (Å²) in [5, 5.41) is 0. The van der Waals surface area contributed by atoms with Crippen molar-refractivity contribution in [3.8, 4) is 0 Å². The van der Waals surface area contributed by atoms with Crippen molar-refractivity contribution in [2.45, 2.75) is 53.6 Å². The lowest BCUT2D eigenvalue weighted by Crippen LogP contribution is -2.45. The Morgan fingerprint density at radius 1 is 1.28 bits per heavy atom. The van der Waals surface area contributed by atoms with Crippen LogP contribution in [0.15, 0.2) is 0 Å². The first-order chi connectivity index (χ1) is 8.19. The van der Waals surface area contributed by atoms with E-state index in [2.05, 4.69) is 0 Å². The van der Waals surface area contributed by atoms with Gasteiger partial charge in [0.05, 0.1) is 17.6 Å². The molecule has 2 N–H and O–H groups in total. The molecule has 0 aromatic heterocycles. The Kier molecular flexibility index (Phi) is 6.86. The molecule has 108 valence electrons. The zero-order valence-electron chi connectivity index (χ0n) is 12.7. The van der Waals surface area contributed by atoms with Crippen molar-refractivity contribution in [2.75, 3.05) is 19.8 Å². The molecule has 0 aliphatic rings. The van der Waals surface area contributed by atoms with Gasteiger partial charge in [0.25, 0.3) is 0 Å². The summed E-state index contributed by atoms with van der Waals surface area (Å²) in [5.74, 6) is -0.0786. The van der Waals surface area contributed by atoms with Gasteiger partial charge in [0.1, 0.15) is 0 Å². The SMILES string of the molecule is CCOC(=O)C(CN)(CCOC(C)(C)C)C(C)C. The van der Waals surface area contributed by atoms with E-state index in [9.17, 15) is 4.79 Å². The molecule has 4 nitrogen and oxygen atoms in total. The van der Waals surface area contributed by atoms with Gasteiger partial charge in [-0.2, -0.15) is 0 Å². The first-order valence-electron chi connectivity index (χ1n) is 6.71. The van der Waals surface area contributed by atoms with Crippen LogP contribution in [0, 0.1) is 11.3 Å². The Morgan fingerprint density at radius 3 is 2.17 bits per heavy atom. The molecule has 0 bridgehead atoms. The summed E-state index contributed by atoms with van der Waals surface area (Å²) in [6.07, 6.45) is 0.595. The van der Waals surface area contributed by atoms with Crippen LogP contribution in [0.25, 0.3) is 0 Å². The van der Waals surface area contributed by atoms with Crippen LogP contribution in [0.5, 0.6) is 0 Å². The van der Waals surface area contributed by atoms with Crippen LogP contribution >= 0.6 is 0 Å². The number of hydrogen-bond acceptors (Lipinski definition) is 4. The lowest BCUT2D eigenvalue weighted by molar-refractivity contribution is -0.160. The number of carbonyl (C=O) groups is 1. The van der Waals surface area contributed by atoms with Gasteiger partial charge in [-0.15, -0.1) is 0 Å². The minimum Gasteiger partial charge on any atom is -0.466 e. The van der Waals surface area contributed by atoms with Crippen LogP contribution in [0.1, 0.15) is 48.0 Å². The predicted molar refractivity (Wildman–Crippen MR) is 73.3 cm³/mol. The summed E-state index contributed by atoms with van der Waals surface area (Å²) in [6, 6.07) is 0. The fourth-order valence-corrected chi connectivity index (χ4v) is 1.86. The lowest BCUT2D eigenvalue weighted by atomic mass is 9.74. The third-order valence-corrected chi connectivity index (χ3v) is 3.23. The molecule has 0 aromatic rings. The summed E-state index contributed by atoms with van der Waals surface area (Å²) in [6.45, 7) is 13.0. The van der Waals surface area contributed by atoms with Gasteiger partial charge in [-0.25, -0.2) is 0 Å².